The van der Waals surface area contributed by atoms with Crippen LogP contribution in [0.4, 0.5) is 0 Å². The third-order valence-corrected chi connectivity index (χ3v) is 5.95. The van der Waals surface area contributed by atoms with Crippen molar-refractivity contribution in [2.75, 3.05) is 26.4 Å². The molecule has 1 aromatic heterocycles. The summed E-state index contributed by atoms with van der Waals surface area (Å²) in [7, 11) is -1.50. The quantitative estimate of drug-likeness (QED) is 0.713. The minimum atomic E-state index is -3.27. The number of rotatable bonds is 8. The van der Waals surface area contributed by atoms with E-state index in [0.717, 1.165) is 37.7 Å². The molecule has 1 amide bonds. The predicted molar refractivity (Wildman–Crippen MR) is 94.0 cm³/mol. The first-order valence-electron chi connectivity index (χ1n) is 8.47. The van der Waals surface area contributed by atoms with Gasteiger partial charge in [0, 0.05) is 45.0 Å². The van der Waals surface area contributed by atoms with Gasteiger partial charge in [0.1, 0.15) is 0 Å². The number of carbonyl (C=O) groups excluding carboxylic acids is 1. The molecule has 0 N–H and O–H groups in total. The number of amides is 1. The first-order valence-corrected chi connectivity index (χ1v) is 10.3. The van der Waals surface area contributed by atoms with E-state index in [1.54, 1.807) is 24.3 Å². The number of likely N-dealkylation sites (N-methyl/N-ethyl adjacent to an activating group) is 1. The van der Waals surface area contributed by atoms with Crippen LogP contribution in [0.1, 0.15) is 37.7 Å². The number of nitrogens with zero attached hydrogens (tertiary/aromatic N) is 3. The SMILES string of the molecule is CN(CCc1ccncc1)C(=O)CCN(C1CCCC1)S(C)(=O)=O. The Morgan fingerprint density at radius 3 is 2.42 bits per heavy atom. The summed E-state index contributed by atoms with van der Waals surface area (Å²) in [6.45, 7) is 0.896. The average Bonchev–Trinajstić information content (AvgIpc) is 3.06. The first-order chi connectivity index (χ1) is 11.4. The summed E-state index contributed by atoms with van der Waals surface area (Å²) in [6, 6.07) is 3.93. The van der Waals surface area contributed by atoms with E-state index in [4.69, 9.17) is 0 Å². The van der Waals surface area contributed by atoms with E-state index in [1.807, 2.05) is 12.1 Å². The van der Waals surface area contributed by atoms with Crippen molar-refractivity contribution in [1.29, 1.82) is 0 Å². The zero-order valence-electron chi connectivity index (χ0n) is 14.5. The Morgan fingerprint density at radius 2 is 1.83 bits per heavy atom. The number of aromatic nitrogens is 1. The molecule has 0 atom stereocenters. The van der Waals surface area contributed by atoms with E-state index in [0.29, 0.717) is 6.54 Å². The van der Waals surface area contributed by atoms with Gasteiger partial charge in [-0.3, -0.25) is 9.78 Å². The second-order valence-corrected chi connectivity index (χ2v) is 8.42. The van der Waals surface area contributed by atoms with Crippen molar-refractivity contribution in [2.24, 2.45) is 0 Å². The van der Waals surface area contributed by atoms with Crippen LogP contribution in [0.15, 0.2) is 24.5 Å². The molecule has 0 spiro atoms. The molecule has 2 rings (SSSR count). The first kappa shape index (κ1) is 18.9. The molecule has 1 aromatic rings. The van der Waals surface area contributed by atoms with E-state index >= 15 is 0 Å². The van der Waals surface area contributed by atoms with Gasteiger partial charge >= 0.3 is 0 Å². The third-order valence-electron chi connectivity index (χ3n) is 4.62. The summed E-state index contributed by atoms with van der Waals surface area (Å²) in [6.07, 6.45) is 9.65. The number of carbonyl (C=O) groups is 1. The highest BCUT2D eigenvalue weighted by Gasteiger charge is 2.29. The topological polar surface area (TPSA) is 70.6 Å². The molecular formula is C17H27N3O3S. The zero-order chi connectivity index (χ0) is 17.6. The largest absolute Gasteiger partial charge is 0.345 e. The van der Waals surface area contributed by atoms with Crippen molar-refractivity contribution in [3.63, 3.8) is 0 Å². The second-order valence-electron chi connectivity index (χ2n) is 6.48. The Hall–Kier alpha value is -1.47. The summed E-state index contributed by atoms with van der Waals surface area (Å²) < 4.78 is 25.5. The number of pyridine rings is 1. The molecule has 24 heavy (non-hydrogen) atoms. The van der Waals surface area contributed by atoms with Crippen LogP contribution < -0.4 is 0 Å². The molecule has 0 radical (unpaired) electrons. The van der Waals surface area contributed by atoms with Crippen LogP contribution in [0.25, 0.3) is 0 Å². The van der Waals surface area contributed by atoms with E-state index in [9.17, 15) is 13.2 Å². The van der Waals surface area contributed by atoms with Gasteiger partial charge < -0.3 is 4.90 Å². The molecular weight excluding hydrogens is 326 g/mol. The highest BCUT2D eigenvalue weighted by atomic mass is 32.2. The highest BCUT2D eigenvalue weighted by Crippen LogP contribution is 2.25. The fourth-order valence-electron chi connectivity index (χ4n) is 3.18. The van der Waals surface area contributed by atoms with Gasteiger partial charge in [0.2, 0.25) is 15.9 Å². The molecule has 7 heteroatoms. The zero-order valence-corrected chi connectivity index (χ0v) is 15.3. The van der Waals surface area contributed by atoms with Crippen LogP contribution in [0.5, 0.6) is 0 Å². The van der Waals surface area contributed by atoms with Gasteiger partial charge in [0.25, 0.3) is 0 Å². The van der Waals surface area contributed by atoms with Gasteiger partial charge in [-0.1, -0.05) is 12.8 Å². The van der Waals surface area contributed by atoms with Crippen molar-refractivity contribution in [2.45, 2.75) is 44.6 Å². The average molecular weight is 353 g/mol. The van der Waals surface area contributed by atoms with Gasteiger partial charge in [-0.15, -0.1) is 0 Å². The van der Waals surface area contributed by atoms with Crippen molar-refractivity contribution < 1.29 is 13.2 Å². The fourth-order valence-corrected chi connectivity index (χ4v) is 4.35. The van der Waals surface area contributed by atoms with Gasteiger partial charge in [-0.25, -0.2) is 8.42 Å². The molecule has 1 saturated carbocycles. The molecule has 1 aliphatic rings. The lowest BCUT2D eigenvalue weighted by Gasteiger charge is -2.27. The van der Waals surface area contributed by atoms with Crippen LogP contribution in [-0.2, 0) is 21.2 Å². The molecule has 1 heterocycles. The molecule has 134 valence electrons. The van der Waals surface area contributed by atoms with Gasteiger partial charge in [-0.2, -0.15) is 4.31 Å². The summed E-state index contributed by atoms with van der Waals surface area (Å²) in [4.78, 5) is 18.0. The Labute approximate surface area is 144 Å². The Kier molecular flexibility index (Phi) is 6.74. The van der Waals surface area contributed by atoms with Crippen molar-refractivity contribution in [1.82, 2.24) is 14.2 Å². The molecule has 0 unspecified atom stereocenters. The van der Waals surface area contributed by atoms with E-state index < -0.39 is 10.0 Å². The lowest BCUT2D eigenvalue weighted by atomic mass is 10.2. The highest BCUT2D eigenvalue weighted by molar-refractivity contribution is 7.88. The lowest BCUT2D eigenvalue weighted by molar-refractivity contribution is -0.130. The monoisotopic (exact) mass is 353 g/mol. The van der Waals surface area contributed by atoms with Crippen molar-refractivity contribution >= 4 is 15.9 Å². The van der Waals surface area contributed by atoms with E-state index in [2.05, 4.69) is 4.98 Å². The Balaban J connectivity index is 1.83. The molecule has 0 saturated heterocycles. The molecule has 0 aromatic carbocycles. The number of sulfonamides is 1. The van der Waals surface area contributed by atoms with Crippen molar-refractivity contribution in [3.05, 3.63) is 30.1 Å². The maximum atomic E-state index is 12.3. The van der Waals surface area contributed by atoms with Gasteiger partial charge in [-0.05, 0) is 37.0 Å². The minimum absolute atomic E-state index is 0.0179. The van der Waals surface area contributed by atoms with Crippen LogP contribution in [0.3, 0.4) is 0 Å². The van der Waals surface area contributed by atoms with Crippen LogP contribution >= 0.6 is 0 Å². The molecule has 6 nitrogen and oxygen atoms in total. The third kappa shape index (κ3) is 5.56. The fraction of sp³-hybridized carbons (Fsp3) is 0.647. The maximum absolute atomic E-state index is 12.3. The molecule has 0 aliphatic heterocycles. The van der Waals surface area contributed by atoms with Gasteiger partial charge in [0.15, 0.2) is 0 Å². The molecule has 0 bridgehead atoms. The van der Waals surface area contributed by atoms with Crippen molar-refractivity contribution in [3.8, 4) is 0 Å². The summed E-state index contributed by atoms with van der Waals surface area (Å²) in [5.74, 6) is -0.0179. The van der Waals surface area contributed by atoms with Crippen LogP contribution in [0, 0.1) is 0 Å². The predicted octanol–water partition coefficient (Wildman–Crippen LogP) is 1.68. The smallest absolute Gasteiger partial charge is 0.223 e. The number of hydrogen-bond donors (Lipinski definition) is 0. The Morgan fingerprint density at radius 1 is 1.21 bits per heavy atom. The summed E-state index contributed by atoms with van der Waals surface area (Å²) in [5.41, 5.74) is 1.13. The summed E-state index contributed by atoms with van der Waals surface area (Å²) >= 11 is 0. The van der Waals surface area contributed by atoms with E-state index in [1.165, 1.54) is 10.6 Å². The van der Waals surface area contributed by atoms with Gasteiger partial charge in [0.05, 0.1) is 6.26 Å². The minimum Gasteiger partial charge on any atom is -0.345 e. The standard InChI is InChI=1S/C17H27N3O3S/c1-19(13-9-15-7-11-18-12-8-15)17(21)10-14-20(24(2,22)23)16-5-3-4-6-16/h7-8,11-12,16H,3-6,9-10,13-14H2,1-2H3. The lowest BCUT2D eigenvalue weighted by Crippen LogP contribution is -2.41. The van der Waals surface area contributed by atoms with E-state index in [-0.39, 0.29) is 24.9 Å². The van der Waals surface area contributed by atoms with Crippen LogP contribution in [0.2, 0.25) is 0 Å². The molecule has 1 aliphatic carbocycles. The van der Waals surface area contributed by atoms with Crippen LogP contribution in [-0.4, -0.2) is 60.9 Å². The maximum Gasteiger partial charge on any atom is 0.223 e. The summed E-state index contributed by atoms with van der Waals surface area (Å²) in [5, 5.41) is 0. The molecule has 1 fully saturated rings. The second kappa shape index (κ2) is 8.58. The number of hydrogen-bond acceptors (Lipinski definition) is 4. The normalized spacial score (nSPS) is 15.8. The Bertz CT molecular complexity index is 628.